The van der Waals surface area contributed by atoms with Gasteiger partial charge in [-0.15, -0.1) is 11.3 Å². The van der Waals surface area contributed by atoms with Crippen molar-refractivity contribution >= 4 is 22.9 Å². The second-order valence-electron chi connectivity index (χ2n) is 5.42. The first-order valence-corrected chi connectivity index (χ1v) is 8.05. The van der Waals surface area contributed by atoms with Gasteiger partial charge in [-0.1, -0.05) is 25.4 Å². The van der Waals surface area contributed by atoms with E-state index >= 15 is 0 Å². The molecule has 1 aromatic heterocycles. The molecule has 2 rings (SSSR count). The molecule has 0 bridgehead atoms. The molecule has 2 heterocycles. The van der Waals surface area contributed by atoms with E-state index in [9.17, 15) is 0 Å². The highest BCUT2D eigenvalue weighted by Crippen LogP contribution is 2.22. The van der Waals surface area contributed by atoms with E-state index in [1.165, 1.54) is 30.8 Å². The maximum atomic E-state index is 5.96. The number of hydrogen-bond acceptors (Lipinski definition) is 3. The quantitative estimate of drug-likeness (QED) is 0.892. The SMILES string of the molecule is CC(C)NC1CCCN(CCc2ccc(Cl)s2)C1. The van der Waals surface area contributed by atoms with Crippen LogP contribution in [0.1, 0.15) is 31.6 Å². The average molecular weight is 287 g/mol. The van der Waals surface area contributed by atoms with Crippen LogP contribution in [-0.4, -0.2) is 36.6 Å². The molecule has 0 amide bonds. The molecule has 0 spiro atoms. The highest BCUT2D eigenvalue weighted by Gasteiger charge is 2.19. The van der Waals surface area contributed by atoms with Gasteiger partial charge in [-0.25, -0.2) is 0 Å². The van der Waals surface area contributed by atoms with Crippen LogP contribution >= 0.6 is 22.9 Å². The predicted molar refractivity (Wildman–Crippen MR) is 80.8 cm³/mol. The Balaban J connectivity index is 1.75. The van der Waals surface area contributed by atoms with Crippen LogP contribution in [0.15, 0.2) is 12.1 Å². The van der Waals surface area contributed by atoms with Crippen molar-refractivity contribution in [3.63, 3.8) is 0 Å². The highest BCUT2D eigenvalue weighted by molar-refractivity contribution is 7.16. The lowest BCUT2D eigenvalue weighted by Gasteiger charge is -2.34. The van der Waals surface area contributed by atoms with Crippen LogP contribution in [0.3, 0.4) is 0 Å². The molecule has 102 valence electrons. The summed E-state index contributed by atoms with van der Waals surface area (Å²) in [5.41, 5.74) is 0. The van der Waals surface area contributed by atoms with Crippen molar-refractivity contribution in [3.8, 4) is 0 Å². The fourth-order valence-corrected chi connectivity index (χ4v) is 3.70. The van der Waals surface area contributed by atoms with Crippen molar-refractivity contribution in [2.75, 3.05) is 19.6 Å². The minimum atomic E-state index is 0.589. The van der Waals surface area contributed by atoms with Crippen LogP contribution in [0.5, 0.6) is 0 Å². The molecule has 2 nitrogen and oxygen atoms in total. The van der Waals surface area contributed by atoms with Crippen LogP contribution in [0.4, 0.5) is 0 Å². The molecule has 0 saturated carbocycles. The third kappa shape index (κ3) is 4.54. The van der Waals surface area contributed by atoms with Crippen LogP contribution in [0.2, 0.25) is 4.34 Å². The number of nitrogens with one attached hydrogen (secondary N) is 1. The summed E-state index contributed by atoms with van der Waals surface area (Å²) < 4.78 is 0.906. The van der Waals surface area contributed by atoms with Crippen LogP contribution in [0, 0.1) is 0 Å². The van der Waals surface area contributed by atoms with E-state index in [0.29, 0.717) is 12.1 Å². The zero-order valence-electron chi connectivity index (χ0n) is 11.3. The summed E-state index contributed by atoms with van der Waals surface area (Å²) in [7, 11) is 0. The van der Waals surface area contributed by atoms with Crippen molar-refractivity contribution in [2.45, 2.75) is 45.2 Å². The van der Waals surface area contributed by atoms with Gasteiger partial charge in [0.15, 0.2) is 0 Å². The lowest BCUT2D eigenvalue weighted by atomic mass is 10.0. The molecule has 4 heteroatoms. The molecule has 1 unspecified atom stereocenters. The average Bonchev–Trinajstić information content (AvgIpc) is 2.72. The standard InChI is InChI=1S/C14H23ClN2S/c1-11(2)16-12-4-3-8-17(10-12)9-7-13-5-6-14(15)18-13/h5-6,11-12,16H,3-4,7-10H2,1-2H3. The first-order chi connectivity index (χ1) is 8.63. The van der Waals surface area contributed by atoms with E-state index in [1.807, 2.05) is 6.07 Å². The number of piperidine rings is 1. The van der Waals surface area contributed by atoms with E-state index in [-0.39, 0.29) is 0 Å². The van der Waals surface area contributed by atoms with Gasteiger partial charge in [0.05, 0.1) is 4.34 Å². The molecular formula is C14H23ClN2S. The Morgan fingerprint density at radius 3 is 3.00 bits per heavy atom. The number of thiophene rings is 1. The molecule has 1 aromatic rings. The molecule has 1 aliphatic heterocycles. The molecule has 0 radical (unpaired) electrons. The molecule has 0 aliphatic carbocycles. The summed E-state index contributed by atoms with van der Waals surface area (Å²) in [6.07, 6.45) is 3.76. The van der Waals surface area contributed by atoms with Crippen molar-refractivity contribution in [2.24, 2.45) is 0 Å². The summed E-state index contributed by atoms with van der Waals surface area (Å²) >= 11 is 7.67. The minimum Gasteiger partial charge on any atom is -0.311 e. The molecule has 1 N–H and O–H groups in total. The summed E-state index contributed by atoms with van der Waals surface area (Å²) in [6, 6.07) is 5.42. The largest absolute Gasteiger partial charge is 0.311 e. The van der Waals surface area contributed by atoms with Gasteiger partial charge in [-0.05, 0) is 37.9 Å². The number of likely N-dealkylation sites (tertiary alicyclic amines) is 1. The smallest absolute Gasteiger partial charge is 0.0931 e. The number of hydrogen-bond donors (Lipinski definition) is 1. The molecule has 1 aliphatic rings. The molecule has 18 heavy (non-hydrogen) atoms. The van der Waals surface area contributed by atoms with Crippen LogP contribution < -0.4 is 5.32 Å². The maximum absolute atomic E-state index is 5.96. The van der Waals surface area contributed by atoms with Gasteiger partial charge in [0.2, 0.25) is 0 Å². The van der Waals surface area contributed by atoms with E-state index in [0.717, 1.165) is 17.3 Å². The fourth-order valence-electron chi connectivity index (χ4n) is 2.62. The maximum Gasteiger partial charge on any atom is 0.0931 e. The third-order valence-electron chi connectivity index (χ3n) is 3.38. The van der Waals surface area contributed by atoms with Crippen molar-refractivity contribution in [1.29, 1.82) is 0 Å². The number of halogens is 1. The Hall–Kier alpha value is -0.0900. The van der Waals surface area contributed by atoms with Crippen molar-refractivity contribution in [1.82, 2.24) is 10.2 Å². The monoisotopic (exact) mass is 286 g/mol. The first-order valence-electron chi connectivity index (χ1n) is 6.86. The van der Waals surface area contributed by atoms with Crippen LogP contribution in [0.25, 0.3) is 0 Å². The Kier molecular flexibility index (Phi) is 5.49. The van der Waals surface area contributed by atoms with E-state index < -0.39 is 0 Å². The normalized spacial score (nSPS) is 21.7. The molecular weight excluding hydrogens is 264 g/mol. The summed E-state index contributed by atoms with van der Waals surface area (Å²) in [5.74, 6) is 0. The van der Waals surface area contributed by atoms with E-state index in [1.54, 1.807) is 11.3 Å². The van der Waals surface area contributed by atoms with Gasteiger partial charge >= 0.3 is 0 Å². The lowest BCUT2D eigenvalue weighted by Crippen LogP contribution is -2.48. The van der Waals surface area contributed by atoms with Gasteiger partial charge in [-0.3, -0.25) is 0 Å². The zero-order chi connectivity index (χ0) is 13.0. The van der Waals surface area contributed by atoms with Gasteiger partial charge in [-0.2, -0.15) is 0 Å². The summed E-state index contributed by atoms with van der Waals surface area (Å²) in [5, 5.41) is 3.65. The molecule has 1 fully saturated rings. The van der Waals surface area contributed by atoms with Gasteiger partial charge < -0.3 is 10.2 Å². The molecule has 1 atom stereocenters. The van der Waals surface area contributed by atoms with Gasteiger partial charge in [0.25, 0.3) is 0 Å². The van der Waals surface area contributed by atoms with E-state index in [2.05, 4.69) is 30.1 Å². The van der Waals surface area contributed by atoms with Gasteiger partial charge in [0, 0.05) is 30.1 Å². The Labute approximate surface area is 119 Å². The predicted octanol–water partition coefficient (Wildman–Crippen LogP) is 3.41. The Morgan fingerprint density at radius 2 is 2.33 bits per heavy atom. The first kappa shape index (κ1) is 14.3. The Morgan fingerprint density at radius 1 is 1.50 bits per heavy atom. The number of rotatable bonds is 5. The highest BCUT2D eigenvalue weighted by atomic mass is 35.5. The van der Waals surface area contributed by atoms with Crippen LogP contribution in [-0.2, 0) is 6.42 Å². The minimum absolute atomic E-state index is 0.589. The number of nitrogens with zero attached hydrogens (tertiary/aromatic N) is 1. The lowest BCUT2D eigenvalue weighted by molar-refractivity contribution is 0.187. The third-order valence-corrected chi connectivity index (χ3v) is 4.67. The second kappa shape index (κ2) is 6.90. The topological polar surface area (TPSA) is 15.3 Å². The van der Waals surface area contributed by atoms with E-state index in [4.69, 9.17) is 11.6 Å². The fraction of sp³-hybridized carbons (Fsp3) is 0.714. The van der Waals surface area contributed by atoms with Gasteiger partial charge in [0.1, 0.15) is 0 Å². The Bertz CT molecular complexity index is 364. The molecule has 1 saturated heterocycles. The molecule has 0 aromatic carbocycles. The van der Waals surface area contributed by atoms with Crippen molar-refractivity contribution in [3.05, 3.63) is 21.3 Å². The zero-order valence-corrected chi connectivity index (χ0v) is 12.9. The second-order valence-corrected chi connectivity index (χ2v) is 7.22. The summed E-state index contributed by atoms with van der Waals surface area (Å²) in [6.45, 7) is 8.05. The summed E-state index contributed by atoms with van der Waals surface area (Å²) in [4.78, 5) is 3.98. The van der Waals surface area contributed by atoms with Crippen molar-refractivity contribution < 1.29 is 0 Å².